The van der Waals surface area contributed by atoms with Gasteiger partial charge < -0.3 is 9.64 Å². The van der Waals surface area contributed by atoms with Crippen molar-refractivity contribution in [1.82, 2.24) is 19.5 Å². The molecule has 0 atom stereocenters. The predicted molar refractivity (Wildman–Crippen MR) is 82.3 cm³/mol. The van der Waals surface area contributed by atoms with Crippen LogP contribution in [0.4, 0.5) is 5.95 Å². The molecule has 4 rings (SSSR count). The van der Waals surface area contributed by atoms with E-state index in [4.69, 9.17) is 4.74 Å². The number of sulfonamides is 1. The maximum Gasteiger partial charge on any atom is 0.243 e. The first-order valence-corrected chi connectivity index (χ1v) is 8.88. The summed E-state index contributed by atoms with van der Waals surface area (Å²) < 4.78 is 32.5. The third kappa shape index (κ3) is 2.60. The second kappa shape index (κ2) is 5.59. The Hall–Kier alpha value is -1.97. The lowest BCUT2D eigenvalue weighted by Gasteiger charge is -2.33. The summed E-state index contributed by atoms with van der Waals surface area (Å²) in [5, 5.41) is 6.63. The zero-order chi connectivity index (χ0) is 15.9. The van der Waals surface area contributed by atoms with E-state index in [0.717, 1.165) is 11.1 Å². The van der Waals surface area contributed by atoms with E-state index in [1.165, 1.54) is 10.6 Å². The second-order valence-electron chi connectivity index (χ2n) is 5.62. The zero-order valence-electron chi connectivity index (χ0n) is 12.5. The average molecular weight is 335 g/mol. The fraction of sp³-hybridized carbons (Fsp3) is 0.429. The maximum atomic E-state index is 12.8. The highest BCUT2D eigenvalue weighted by Gasteiger charge is 2.30. The smallest absolute Gasteiger partial charge is 0.243 e. The largest absolute Gasteiger partial charge is 0.372 e. The van der Waals surface area contributed by atoms with Gasteiger partial charge in [-0.1, -0.05) is 6.07 Å². The summed E-state index contributed by atoms with van der Waals surface area (Å²) >= 11 is 0. The molecule has 2 aromatic rings. The van der Waals surface area contributed by atoms with Crippen molar-refractivity contribution in [3.8, 4) is 0 Å². The molecule has 3 heterocycles. The van der Waals surface area contributed by atoms with Crippen molar-refractivity contribution >= 4 is 16.0 Å². The molecule has 1 aromatic carbocycles. The van der Waals surface area contributed by atoms with Gasteiger partial charge >= 0.3 is 0 Å². The SMILES string of the molecule is O=S(=O)(c1ccc2c(c1)COC2)N1CCN(c2ncn[nH]2)CC1. The van der Waals surface area contributed by atoms with Gasteiger partial charge in [-0.15, -0.1) is 0 Å². The van der Waals surface area contributed by atoms with Crippen LogP contribution in [0.15, 0.2) is 29.4 Å². The molecule has 0 radical (unpaired) electrons. The van der Waals surface area contributed by atoms with Gasteiger partial charge in [-0.3, -0.25) is 0 Å². The van der Waals surface area contributed by atoms with E-state index in [2.05, 4.69) is 15.2 Å². The predicted octanol–water partition coefficient (Wildman–Crippen LogP) is 0.346. The van der Waals surface area contributed by atoms with E-state index in [9.17, 15) is 8.42 Å². The number of nitrogens with zero attached hydrogens (tertiary/aromatic N) is 4. The number of aromatic nitrogens is 3. The Morgan fingerprint density at radius 3 is 2.61 bits per heavy atom. The van der Waals surface area contributed by atoms with Crippen LogP contribution in [-0.2, 0) is 28.0 Å². The summed E-state index contributed by atoms with van der Waals surface area (Å²) in [7, 11) is -3.47. The third-order valence-corrected chi connectivity index (χ3v) is 6.17. The number of piperazine rings is 1. The van der Waals surface area contributed by atoms with Crippen molar-refractivity contribution in [1.29, 1.82) is 0 Å². The number of benzene rings is 1. The molecular formula is C14H17N5O3S. The molecule has 8 nitrogen and oxygen atoms in total. The molecule has 0 saturated carbocycles. The maximum absolute atomic E-state index is 12.8. The summed E-state index contributed by atoms with van der Waals surface area (Å²) in [5.41, 5.74) is 2.03. The fourth-order valence-electron chi connectivity index (χ4n) is 2.95. The Balaban J connectivity index is 1.51. The number of anilines is 1. The fourth-order valence-corrected chi connectivity index (χ4v) is 4.42. The monoisotopic (exact) mass is 335 g/mol. The highest BCUT2D eigenvalue weighted by Crippen LogP contribution is 2.25. The van der Waals surface area contributed by atoms with Crippen molar-refractivity contribution in [3.63, 3.8) is 0 Å². The van der Waals surface area contributed by atoms with Gasteiger partial charge in [0.15, 0.2) is 0 Å². The van der Waals surface area contributed by atoms with Gasteiger partial charge in [-0.2, -0.15) is 14.4 Å². The highest BCUT2D eigenvalue weighted by molar-refractivity contribution is 7.89. The quantitative estimate of drug-likeness (QED) is 0.870. The van der Waals surface area contributed by atoms with E-state index in [1.807, 2.05) is 11.0 Å². The molecule has 23 heavy (non-hydrogen) atoms. The number of aromatic amines is 1. The molecule has 9 heteroatoms. The number of H-pyrrole nitrogens is 1. The van der Waals surface area contributed by atoms with Gasteiger partial charge in [-0.05, 0) is 23.3 Å². The van der Waals surface area contributed by atoms with E-state index in [1.54, 1.807) is 12.1 Å². The van der Waals surface area contributed by atoms with Gasteiger partial charge in [0.1, 0.15) is 6.33 Å². The van der Waals surface area contributed by atoms with Gasteiger partial charge in [0.05, 0.1) is 18.1 Å². The molecule has 1 N–H and O–H groups in total. The second-order valence-corrected chi connectivity index (χ2v) is 7.56. The topological polar surface area (TPSA) is 91.4 Å². The molecule has 1 saturated heterocycles. The minimum atomic E-state index is -3.47. The Labute approximate surface area is 134 Å². The van der Waals surface area contributed by atoms with Crippen LogP contribution in [0.3, 0.4) is 0 Å². The van der Waals surface area contributed by atoms with Crippen LogP contribution in [0.2, 0.25) is 0 Å². The van der Waals surface area contributed by atoms with Gasteiger partial charge in [0.2, 0.25) is 16.0 Å². The van der Waals surface area contributed by atoms with Crippen LogP contribution in [-0.4, -0.2) is 54.1 Å². The first-order chi connectivity index (χ1) is 11.1. The van der Waals surface area contributed by atoms with Crippen LogP contribution in [0.1, 0.15) is 11.1 Å². The summed E-state index contributed by atoms with van der Waals surface area (Å²) in [5.74, 6) is 0.678. The van der Waals surface area contributed by atoms with Crippen molar-refractivity contribution in [2.75, 3.05) is 31.1 Å². The zero-order valence-corrected chi connectivity index (χ0v) is 13.3. The normalized spacial score (nSPS) is 19.0. The highest BCUT2D eigenvalue weighted by atomic mass is 32.2. The number of nitrogens with one attached hydrogen (secondary N) is 1. The lowest BCUT2D eigenvalue weighted by Crippen LogP contribution is -2.49. The molecule has 122 valence electrons. The molecule has 2 aliphatic rings. The minimum absolute atomic E-state index is 0.342. The molecule has 2 aliphatic heterocycles. The van der Waals surface area contributed by atoms with Crippen molar-refractivity contribution in [3.05, 3.63) is 35.7 Å². The first-order valence-electron chi connectivity index (χ1n) is 7.44. The summed E-state index contributed by atoms with van der Waals surface area (Å²) in [6.45, 7) is 3.07. The molecule has 0 unspecified atom stereocenters. The van der Waals surface area contributed by atoms with Crippen LogP contribution in [0.5, 0.6) is 0 Å². The molecule has 0 spiro atoms. The van der Waals surface area contributed by atoms with E-state index < -0.39 is 10.0 Å². The van der Waals surface area contributed by atoms with E-state index >= 15 is 0 Å². The number of fused-ring (bicyclic) bond motifs is 1. The lowest BCUT2D eigenvalue weighted by atomic mass is 10.1. The van der Waals surface area contributed by atoms with Crippen molar-refractivity contribution in [2.24, 2.45) is 0 Å². The summed E-state index contributed by atoms with van der Waals surface area (Å²) in [6, 6.07) is 5.26. The number of hydrogen-bond acceptors (Lipinski definition) is 6. The standard InChI is InChI=1S/C14H17N5O3S/c20-23(21,13-2-1-11-8-22-9-12(11)7-13)19-5-3-18(4-6-19)14-15-10-16-17-14/h1-2,7,10H,3-6,8-9H2,(H,15,16,17). The summed E-state index contributed by atoms with van der Waals surface area (Å²) in [4.78, 5) is 6.44. The number of hydrogen-bond donors (Lipinski definition) is 1. The Morgan fingerprint density at radius 1 is 1.09 bits per heavy atom. The van der Waals surface area contributed by atoms with Crippen LogP contribution in [0.25, 0.3) is 0 Å². The average Bonchev–Trinajstić information content (AvgIpc) is 3.25. The van der Waals surface area contributed by atoms with Crippen molar-refractivity contribution in [2.45, 2.75) is 18.1 Å². The third-order valence-electron chi connectivity index (χ3n) is 4.27. The van der Waals surface area contributed by atoms with Crippen LogP contribution in [0, 0.1) is 0 Å². The van der Waals surface area contributed by atoms with E-state index in [-0.39, 0.29) is 0 Å². The van der Waals surface area contributed by atoms with Gasteiger partial charge in [-0.25, -0.2) is 13.5 Å². The molecule has 0 amide bonds. The lowest BCUT2D eigenvalue weighted by molar-refractivity contribution is 0.134. The van der Waals surface area contributed by atoms with Gasteiger partial charge in [0.25, 0.3) is 0 Å². The number of ether oxygens (including phenoxy) is 1. The summed E-state index contributed by atoms with van der Waals surface area (Å²) in [6.07, 6.45) is 1.45. The van der Waals surface area contributed by atoms with Crippen LogP contribution < -0.4 is 4.90 Å². The molecule has 0 aliphatic carbocycles. The Bertz CT molecular complexity index is 798. The minimum Gasteiger partial charge on any atom is -0.372 e. The van der Waals surface area contributed by atoms with Crippen molar-refractivity contribution < 1.29 is 13.2 Å². The first kappa shape index (κ1) is 14.6. The Morgan fingerprint density at radius 2 is 1.87 bits per heavy atom. The Kier molecular flexibility index (Phi) is 3.55. The molecular weight excluding hydrogens is 318 g/mol. The molecule has 1 fully saturated rings. The van der Waals surface area contributed by atoms with Crippen LogP contribution >= 0.6 is 0 Å². The number of rotatable bonds is 3. The van der Waals surface area contributed by atoms with E-state index in [0.29, 0.717) is 50.2 Å². The van der Waals surface area contributed by atoms with Gasteiger partial charge in [0, 0.05) is 26.2 Å². The molecule has 1 aromatic heterocycles. The molecule has 0 bridgehead atoms.